The van der Waals surface area contributed by atoms with Gasteiger partial charge in [0.25, 0.3) is 0 Å². The van der Waals surface area contributed by atoms with E-state index in [9.17, 15) is 0 Å². The molecule has 0 aliphatic heterocycles. The molecule has 2 unspecified atom stereocenters. The summed E-state index contributed by atoms with van der Waals surface area (Å²) in [7, 11) is 0. The van der Waals surface area contributed by atoms with Crippen LogP contribution >= 0.6 is 11.8 Å². The number of nitrogens with one attached hydrogen (secondary N) is 1. The van der Waals surface area contributed by atoms with Crippen molar-refractivity contribution < 1.29 is 0 Å². The van der Waals surface area contributed by atoms with Crippen molar-refractivity contribution in [1.29, 1.82) is 0 Å². The SMILES string of the molecule is CSC1CCCC(Nc2ccc3cc(N)ccc3n2)C1. The van der Waals surface area contributed by atoms with Crippen molar-refractivity contribution >= 4 is 34.2 Å². The van der Waals surface area contributed by atoms with Gasteiger partial charge in [0.05, 0.1) is 5.52 Å². The number of pyridine rings is 1. The van der Waals surface area contributed by atoms with Gasteiger partial charge in [-0.3, -0.25) is 0 Å². The monoisotopic (exact) mass is 287 g/mol. The van der Waals surface area contributed by atoms with E-state index in [1.165, 1.54) is 25.7 Å². The number of nitrogens with zero attached hydrogens (tertiary/aromatic N) is 1. The standard InChI is InChI=1S/C16H21N3S/c1-20-14-4-2-3-13(10-14)18-16-8-5-11-9-12(17)6-7-15(11)19-16/h5-9,13-14H,2-4,10,17H2,1H3,(H,18,19). The topological polar surface area (TPSA) is 50.9 Å². The third-order valence-corrected chi connectivity index (χ3v) is 5.12. The van der Waals surface area contributed by atoms with E-state index in [1.54, 1.807) is 0 Å². The third-order valence-electron chi connectivity index (χ3n) is 4.02. The molecular weight excluding hydrogens is 266 g/mol. The molecule has 0 saturated heterocycles. The van der Waals surface area contributed by atoms with Gasteiger partial charge >= 0.3 is 0 Å². The van der Waals surface area contributed by atoms with E-state index in [0.717, 1.165) is 27.7 Å². The summed E-state index contributed by atoms with van der Waals surface area (Å²) in [6, 6.07) is 10.6. The summed E-state index contributed by atoms with van der Waals surface area (Å²) in [6.45, 7) is 0. The molecule has 3 N–H and O–H groups in total. The third kappa shape index (κ3) is 3.01. The molecule has 2 atom stereocenters. The molecule has 20 heavy (non-hydrogen) atoms. The van der Waals surface area contributed by atoms with Gasteiger partial charge in [-0.15, -0.1) is 0 Å². The Morgan fingerprint density at radius 2 is 2.15 bits per heavy atom. The summed E-state index contributed by atoms with van der Waals surface area (Å²) in [6.07, 6.45) is 7.37. The van der Waals surface area contributed by atoms with Gasteiger partial charge in [-0.25, -0.2) is 4.98 Å². The molecule has 0 spiro atoms. The van der Waals surface area contributed by atoms with Crippen LogP contribution in [0.3, 0.4) is 0 Å². The highest BCUT2D eigenvalue weighted by atomic mass is 32.2. The summed E-state index contributed by atoms with van der Waals surface area (Å²) < 4.78 is 0. The average molecular weight is 287 g/mol. The molecule has 1 heterocycles. The number of benzene rings is 1. The quantitative estimate of drug-likeness (QED) is 0.841. The van der Waals surface area contributed by atoms with E-state index in [0.29, 0.717) is 6.04 Å². The van der Waals surface area contributed by atoms with E-state index >= 15 is 0 Å². The molecule has 1 saturated carbocycles. The summed E-state index contributed by atoms with van der Waals surface area (Å²) in [5.41, 5.74) is 7.58. The number of hydrogen-bond donors (Lipinski definition) is 2. The normalized spacial score (nSPS) is 22.9. The summed E-state index contributed by atoms with van der Waals surface area (Å²) in [5, 5.41) is 5.49. The van der Waals surface area contributed by atoms with Gasteiger partial charge in [-0.05, 0) is 55.9 Å². The minimum atomic E-state index is 0.555. The fourth-order valence-corrected chi connectivity index (χ4v) is 3.75. The Morgan fingerprint density at radius 3 is 3.00 bits per heavy atom. The maximum Gasteiger partial charge on any atom is 0.126 e. The molecule has 1 aromatic carbocycles. The van der Waals surface area contributed by atoms with Crippen molar-refractivity contribution in [2.45, 2.75) is 37.0 Å². The Labute approximate surface area is 124 Å². The van der Waals surface area contributed by atoms with Crippen LogP contribution in [0.2, 0.25) is 0 Å². The first kappa shape index (κ1) is 13.6. The van der Waals surface area contributed by atoms with Crippen LogP contribution in [0.4, 0.5) is 11.5 Å². The van der Waals surface area contributed by atoms with E-state index in [-0.39, 0.29) is 0 Å². The van der Waals surface area contributed by atoms with Crippen LogP contribution in [-0.2, 0) is 0 Å². The number of nitrogens with two attached hydrogens (primary N) is 1. The van der Waals surface area contributed by atoms with Crippen molar-refractivity contribution in [3.05, 3.63) is 30.3 Å². The zero-order valence-corrected chi connectivity index (χ0v) is 12.6. The van der Waals surface area contributed by atoms with Crippen LogP contribution in [0.1, 0.15) is 25.7 Å². The second-order valence-corrected chi connectivity index (χ2v) is 6.65. The van der Waals surface area contributed by atoms with Crippen LogP contribution in [0.25, 0.3) is 10.9 Å². The molecule has 1 aromatic heterocycles. The zero-order chi connectivity index (χ0) is 13.9. The summed E-state index contributed by atoms with van der Waals surface area (Å²) in [4.78, 5) is 4.69. The van der Waals surface area contributed by atoms with Gasteiger partial charge in [-0.2, -0.15) is 11.8 Å². The van der Waals surface area contributed by atoms with Crippen LogP contribution in [0.15, 0.2) is 30.3 Å². The molecule has 0 amide bonds. The summed E-state index contributed by atoms with van der Waals surface area (Å²) in [5.74, 6) is 0.981. The number of fused-ring (bicyclic) bond motifs is 1. The number of thioether (sulfide) groups is 1. The fraction of sp³-hybridized carbons (Fsp3) is 0.438. The van der Waals surface area contributed by atoms with Gasteiger partial charge in [0.15, 0.2) is 0 Å². The van der Waals surface area contributed by atoms with Crippen LogP contribution in [0, 0.1) is 0 Å². The molecule has 1 aliphatic carbocycles. The first-order chi connectivity index (χ1) is 9.74. The fourth-order valence-electron chi connectivity index (χ4n) is 2.92. The molecule has 106 valence electrons. The van der Waals surface area contributed by atoms with Gasteiger partial charge in [0.1, 0.15) is 5.82 Å². The number of aromatic nitrogens is 1. The Balaban J connectivity index is 1.75. The van der Waals surface area contributed by atoms with Crippen LogP contribution < -0.4 is 11.1 Å². The zero-order valence-electron chi connectivity index (χ0n) is 11.8. The highest BCUT2D eigenvalue weighted by Crippen LogP contribution is 2.29. The predicted molar refractivity (Wildman–Crippen MR) is 89.3 cm³/mol. The molecule has 2 aromatic rings. The lowest BCUT2D eigenvalue weighted by molar-refractivity contribution is 0.473. The lowest BCUT2D eigenvalue weighted by Crippen LogP contribution is -2.28. The minimum Gasteiger partial charge on any atom is -0.399 e. The lowest BCUT2D eigenvalue weighted by atomic mass is 9.95. The molecule has 0 bridgehead atoms. The molecule has 3 nitrogen and oxygen atoms in total. The largest absolute Gasteiger partial charge is 0.399 e. The first-order valence-corrected chi connectivity index (χ1v) is 8.49. The van der Waals surface area contributed by atoms with Crippen molar-refractivity contribution in [2.75, 3.05) is 17.3 Å². The molecule has 4 heteroatoms. The first-order valence-electron chi connectivity index (χ1n) is 7.20. The highest BCUT2D eigenvalue weighted by Gasteiger charge is 2.21. The summed E-state index contributed by atoms with van der Waals surface area (Å²) >= 11 is 1.99. The smallest absolute Gasteiger partial charge is 0.126 e. The molecule has 0 radical (unpaired) electrons. The van der Waals surface area contributed by atoms with Crippen molar-refractivity contribution in [1.82, 2.24) is 4.98 Å². The van der Waals surface area contributed by atoms with Crippen molar-refractivity contribution in [3.8, 4) is 0 Å². The minimum absolute atomic E-state index is 0.555. The number of hydrogen-bond acceptors (Lipinski definition) is 4. The van der Waals surface area contributed by atoms with E-state index in [2.05, 4.69) is 28.7 Å². The maximum absolute atomic E-state index is 5.80. The van der Waals surface area contributed by atoms with Gasteiger partial charge in [-0.1, -0.05) is 6.42 Å². The van der Waals surface area contributed by atoms with Crippen LogP contribution in [-0.4, -0.2) is 22.5 Å². The van der Waals surface area contributed by atoms with Gasteiger partial charge in [0, 0.05) is 22.4 Å². The van der Waals surface area contributed by atoms with Crippen LogP contribution in [0.5, 0.6) is 0 Å². The second-order valence-electron chi connectivity index (χ2n) is 5.51. The Hall–Kier alpha value is -1.42. The average Bonchev–Trinajstić information content (AvgIpc) is 2.47. The van der Waals surface area contributed by atoms with Crippen molar-refractivity contribution in [2.24, 2.45) is 0 Å². The van der Waals surface area contributed by atoms with E-state index in [4.69, 9.17) is 5.73 Å². The van der Waals surface area contributed by atoms with E-state index in [1.807, 2.05) is 30.0 Å². The Morgan fingerprint density at radius 1 is 1.25 bits per heavy atom. The molecular formula is C16H21N3S. The molecule has 1 aliphatic rings. The Bertz CT molecular complexity index is 599. The number of nitrogen functional groups attached to an aromatic ring is 1. The number of rotatable bonds is 3. The van der Waals surface area contributed by atoms with E-state index < -0.39 is 0 Å². The van der Waals surface area contributed by atoms with Gasteiger partial charge in [0.2, 0.25) is 0 Å². The van der Waals surface area contributed by atoms with Crippen molar-refractivity contribution in [3.63, 3.8) is 0 Å². The molecule has 1 fully saturated rings. The lowest BCUT2D eigenvalue weighted by Gasteiger charge is -2.29. The second kappa shape index (κ2) is 5.92. The predicted octanol–water partition coefficient (Wildman–Crippen LogP) is 3.90. The molecule has 3 rings (SSSR count). The number of anilines is 2. The maximum atomic E-state index is 5.80. The highest BCUT2D eigenvalue weighted by molar-refractivity contribution is 7.99. The Kier molecular flexibility index (Phi) is 4.01. The van der Waals surface area contributed by atoms with Gasteiger partial charge < -0.3 is 11.1 Å².